The van der Waals surface area contributed by atoms with Gasteiger partial charge in [0.05, 0.1) is 21.8 Å². The summed E-state index contributed by atoms with van der Waals surface area (Å²) in [7, 11) is 0. The fraction of sp³-hybridized carbons (Fsp3) is 0.400. The molecule has 0 fully saturated rings. The van der Waals surface area contributed by atoms with Crippen molar-refractivity contribution in [1.29, 1.82) is 0 Å². The Kier molecular flexibility index (Phi) is 5.68. The van der Waals surface area contributed by atoms with E-state index in [1.165, 1.54) is 4.70 Å². The molecule has 112 valence electrons. The van der Waals surface area contributed by atoms with Crippen LogP contribution in [0.4, 0.5) is 0 Å². The maximum atomic E-state index is 11.6. The maximum Gasteiger partial charge on any atom is 0.239 e. The van der Waals surface area contributed by atoms with Crippen LogP contribution in [0.15, 0.2) is 24.3 Å². The average molecular weight is 305 g/mol. The van der Waals surface area contributed by atoms with Gasteiger partial charge in [0.1, 0.15) is 0 Å². The Hall–Kier alpha value is -1.95. The lowest BCUT2D eigenvalue weighted by Gasteiger charge is -2.04. The van der Waals surface area contributed by atoms with Crippen LogP contribution in [0.3, 0.4) is 0 Å². The minimum absolute atomic E-state index is 0.0494. The van der Waals surface area contributed by atoms with E-state index >= 15 is 0 Å². The Morgan fingerprint density at radius 2 is 2.00 bits per heavy atom. The summed E-state index contributed by atoms with van der Waals surface area (Å²) in [6.45, 7) is 2.47. The molecule has 0 spiro atoms. The number of carbonyl (C=O) groups excluding carboxylic acids is 2. The number of para-hydroxylation sites is 1. The molecule has 2 aromatic rings. The molecular weight excluding hydrogens is 286 g/mol. The number of benzene rings is 1. The molecule has 21 heavy (non-hydrogen) atoms. The van der Waals surface area contributed by atoms with Gasteiger partial charge in [-0.05, 0) is 31.9 Å². The van der Waals surface area contributed by atoms with E-state index in [1.807, 2.05) is 25.1 Å². The summed E-state index contributed by atoms with van der Waals surface area (Å²) in [6.07, 6.45) is 1.93. The number of hydrogen-bond acceptors (Lipinski definition) is 4. The lowest BCUT2D eigenvalue weighted by atomic mass is 10.2. The van der Waals surface area contributed by atoms with Crippen LogP contribution < -0.4 is 10.6 Å². The molecule has 0 unspecified atom stereocenters. The summed E-state index contributed by atoms with van der Waals surface area (Å²) >= 11 is 1.67. The van der Waals surface area contributed by atoms with Crippen molar-refractivity contribution in [3.8, 4) is 0 Å². The molecule has 0 bridgehead atoms. The normalized spacial score (nSPS) is 10.5. The fourth-order valence-electron chi connectivity index (χ4n) is 1.95. The Bertz CT molecular complexity index is 591. The monoisotopic (exact) mass is 305 g/mol. The first-order valence-corrected chi connectivity index (χ1v) is 7.88. The van der Waals surface area contributed by atoms with Crippen LogP contribution in [-0.4, -0.2) is 29.9 Å². The van der Waals surface area contributed by atoms with Gasteiger partial charge >= 0.3 is 0 Å². The van der Waals surface area contributed by atoms with Crippen molar-refractivity contribution in [3.63, 3.8) is 0 Å². The molecule has 2 N–H and O–H groups in total. The second-order valence-electron chi connectivity index (χ2n) is 4.66. The maximum absolute atomic E-state index is 11.6. The topological polar surface area (TPSA) is 71.1 Å². The van der Waals surface area contributed by atoms with Crippen LogP contribution in [-0.2, 0) is 16.0 Å². The summed E-state index contributed by atoms with van der Waals surface area (Å²) in [5, 5.41) is 6.30. The predicted octanol–water partition coefficient (Wildman–Crippen LogP) is 1.87. The van der Waals surface area contributed by atoms with Gasteiger partial charge in [-0.15, -0.1) is 11.3 Å². The van der Waals surface area contributed by atoms with Gasteiger partial charge in [0.25, 0.3) is 0 Å². The highest BCUT2D eigenvalue weighted by Crippen LogP contribution is 2.22. The quantitative estimate of drug-likeness (QED) is 0.820. The van der Waals surface area contributed by atoms with Gasteiger partial charge < -0.3 is 10.6 Å². The molecule has 0 saturated heterocycles. The van der Waals surface area contributed by atoms with Gasteiger partial charge in [-0.2, -0.15) is 0 Å². The van der Waals surface area contributed by atoms with Gasteiger partial charge in [0, 0.05) is 13.0 Å². The van der Waals surface area contributed by atoms with Crippen molar-refractivity contribution in [3.05, 3.63) is 29.3 Å². The van der Waals surface area contributed by atoms with Crippen LogP contribution >= 0.6 is 11.3 Å². The molecule has 5 nitrogen and oxygen atoms in total. The Morgan fingerprint density at radius 1 is 1.19 bits per heavy atom. The molecule has 1 heterocycles. The number of aromatic nitrogens is 1. The summed E-state index contributed by atoms with van der Waals surface area (Å²) < 4.78 is 1.17. The minimum Gasteiger partial charge on any atom is -0.355 e. The molecule has 0 radical (unpaired) electrons. The van der Waals surface area contributed by atoms with E-state index in [-0.39, 0.29) is 18.4 Å². The molecule has 0 aliphatic carbocycles. The predicted molar refractivity (Wildman–Crippen MR) is 84.3 cm³/mol. The molecular formula is C15H19N3O2S. The molecule has 1 aromatic carbocycles. The number of fused-ring (bicyclic) bond motifs is 1. The van der Waals surface area contributed by atoms with E-state index in [0.717, 1.165) is 23.4 Å². The van der Waals surface area contributed by atoms with Gasteiger partial charge in [0.15, 0.2) is 0 Å². The Balaban J connectivity index is 1.71. The van der Waals surface area contributed by atoms with E-state index in [9.17, 15) is 9.59 Å². The van der Waals surface area contributed by atoms with Crippen molar-refractivity contribution in [2.24, 2.45) is 0 Å². The Labute approximate surface area is 127 Å². The largest absolute Gasteiger partial charge is 0.355 e. The SMILES string of the molecule is CCNC(=O)CNC(=O)CCCc1nc2ccccc2s1. The zero-order chi connectivity index (χ0) is 15.1. The molecule has 1 aromatic heterocycles. The van der Waals surface area contributed by atoms with Crippen molar-refractivity contribution in [2.75, 3.05) is 13.1 Å². The number of amides is 2. The number of hydrogen-bond donors (Lipinski definition) is 2. The van der Waals surface area contributed by atoms with E-state index in [1.54, 1.807) is 11.3 Å². The van der Waals surface area contributed by atoms with E-state index in [0.29, 0.717) is 13.0 Å². The third-order valence-corrected chi connectivity index (χ3v) is 4.05. The number of nitrogens with one attached hydrogen (secondary N) is 2. The summed E-state index contributed by atoms with van der Waals surface area (Å²) in [6, 6.07) is 8.02. The van der Waals surface area contributed by atoms with Crippen LogP contribution in [0, 0.1) is 0 Å². The van der Waals surface area contributed by atoms with Gasteiger partial charge in [-0.25, -0.2) is 4.98 Å². The molecule has 6 heteroatoms. The van der Waals surface area contributed by atoms with Crippen LogP contribution in [0.1, 0.15) is 24.8 Å². The zero-order valence-electron chi connectivity index (χ0n) is 12.0. The van der Waals surface area contributed by atoms with Crippen molar-refractivity contribution >= 4 is 33.4 Å². The molecule has 0 aliphatic rings. The van der Waals surface area contributed by atoms with E-state index in [4.69, 9.17) is 0 Å². The number of nitrogens with zero attached hydrogens (tertiary/aromatic N) is 1. The Morgan fingerprint density at radius 3 is 2.76 bits per heavy atom. The molecule has 0 saturated carbocycles. The van der Waals surface area contributed by atoms with Gasteiger partial charge in [-0.3, -0.25) is 9.59 Å². The summed E-state index contributed by atoms with van der Waals surface area (Å²) in [4.78, 5) is 27.3. The second kappa shape index (κ2) is 7.73. The highest BCUT2D eigenvalue weighted by Gasteiger charge is 2.07. The third-order valence-electron chi connectivity index (χ3n) is 2.95. The van der Waals surface area contributed by atoms with Crippen molar-refractivity contribution < 1.29 is 9.59 Å². The summed E-state index contributed by atoms with van der Waals surface area (Å²) in [5.74, 6) is -0.251. The van der Waals surface area contributed by atoms with Crippen LogP contribution in [0.2, 0.25) is 0 Å². The number of likely N-dealkylation sites (N-methyl/N-ethyl adjacent to an activating group) is 1. The molecule has 2 rings (SSSR count). The molecule has 0 atom stereocenters. The lowest BCUT2D eigenvalue weighted by Crippen LogP contribution is -2.36. The zero-order valence-corrected chi connectivity index (χ0v) is 12.8. The smallest absolute Gasteiger partial charge is 0.239 e. The highest BCUT2D eigenvalue weighted by molar-refractivity contribution is 7.18. The number of thiazole rings is 1. The number of carbonyl (C=O) groups is 2. The first-order chi connectivity index (χ1) is 10.2. The lowest BCUT2D eigenvalue weighted by molar-refractivity contribution is -0.126. The first kappa shape index (κ1) is 15.4. The third kappa shape index (κ3) is 4.82. The average Bonchev–Trinajstić information content (AvgIpc) is 2.88. The number of aryl methyl sites for hydroxylation is 1. The van der Waals surface area contributed by atoms with Gasteiger partial charge in [-0.1, -0.05) is 12.1 Å². The molecule has 2 amide bonds. The fourth-order valence-corrected chi connectivity index (χ4v) is 2.96. The minimum atomic E-state index is -0.156. The second-order valence-corrected chi connectivity index (χ2v) is 5.77. The van der Waals surface area contributed by atoms with Crippen LogP contribution in [0.5, 0.6) is 0 Å². The van der Waals surface area contributed by atoms with E-state index < -0.39 is 0 Å². The number of rotatable bonds is 7. The van der Waals surface area contributed by atoms with E-state index in [2.05, 4.69) is 21.7 Å². The summed E-state index contributed by atoms with van der Waals surface area (Å²) in [5.41, 5.74) is 1.01. The van der Waals surface area contributed by atoms with Crippen molar-refractivity contribution in [1.82, 2.24) is 15.6 Å². The highest BCUT2D eigenvalue weighted by atomic mass is 32.1. The van der Waals surface area contributed by atoms with Crippen LogP contribution in [0.25, 0.3) is 10.2 Å². The standard InChI is InChI=1S/C15H19N3O2S/c1-2-16-14(20)10-17-13(19)8-5-9-15-18-11-6-3-4-7-12(11)21-15/h3-4,6-7H,2,5,8-10H2,1H3,(H,16,20)(H,17,19). The molecule has 0 aliphatic heterocycles. The van der Waals surface area contributed by atoms with Gasteiger partial charge in [0.2, 0.25) is 11.8 Å². The first-order valence-electron chi connectivity index (χ1n) is 7.07. The van der Waals surface area contributed by atoms with Crippen molar-refractivity contribution in [2.45, 2.75) is 26.2 Å².